The van der Waals surface area contributed by atoms with Gasteiger partial charge < -0.3 is 30.2 Å². The van der Waals surface area contributed by atoms with Crippen LogP contribution in [-0.4, -0.2) is 92.6 Å². The maximum absolute atomic E-state index is 14.0. The van der Waals surface area contributed by atoms with Crippen molar-refractivity contribution in [2.45, 2.75) is 136 Å². The number of hydrogen-bond donors (Lipinski definition) is 4. The second-order valence-corrected chi connectivity index (χ2v) is 22.1. The Balaban J connectivity index is 0.717. The maximum Gasteiger partial charge on any atom is 0.283 e. The molecule has 2 aromatic carbocycles. The Morgan fingerprint density at radius 3 is 2.23 bits per heavy atom. The van der Waals surface area contributed by atoms with Gasteiger partial charge in [0.2, 0.25) is 23.3 Å². The van der Waals surface area contributed by atoms with Gasteiger partial charge >= 0.3 is 0 Å². The molecule has 0 aliphatic carbocycles. The summed E-state index contributed by atoms with van der Waals surface area (Å²) in [6.45, 7) is 10.3. The molecule has 2 saturated heterocycles. The van der Waals surface area contributed by atoms with Crippen LogP contribution >= 0.6 is 11.3 Å². The van der Waals surface area contributed by atoms with E-state index in [1.165, 1.54) is 19.3 Å². The number of H-pyrrole nitrogens is 1. The third-order valence-corrected chi connectivity index (χ3v) is 16.4. The van der Waals surface area contributed by atoms with E-state index in [1.807, 2.05) is 68.4 Å². The molecule has 4 N–H and O–H groups in total. The maximum atomic E-state index is 14.0. The molecule has 1 radical (unpaired) electrons. The molecule has 4 amide bonds. The molecule has 0 bridgehead atoms. The number of fused-ring (bicyclic) bond motifs is 1. The molecular formula is C50H65N8O5SSi. The highest BCUT2D eigenvalue weighted by Crippen LogP contribution is 2.33. The molecule has 0 unspecified atom stereocenters. The van der Waals surface area contributed by atoms with Crippen molar-refractivity contribution >= 4 is 54.6 Å². The Hall–Kier alpha value is -5.41. The van der Waals surface area contributed by atoms with Crippen molar-refractivity contribution in [1.29, 1.82) is 0 Å². The zero-order chi connectivity index (χ0) is 45.9. The smallest absolute Gasteiger partial charge is 0.283 e. The van der Waals surface area contributed by atoms with Gasteiger partial charge in [0.05, 0.1) is 21.8 Å². The van der Waals surface area contributed by atoms with Crippen LogP contribution in [0.3, 0.4) is 0 Å². The van der Waals surface area contributed by atoms with Gasteiger partial charge in [-0.05, 0) is 73.0 Å². The largest absolute Gasteiger partial charge is 0.507 e. The van der Waals surface area contributed by atoms with Crippen LogP contribution in [-0.2, 0) is 20.9 Å². The Labute approximate surface area is 388 Å². The number of unbranched alkanes of at least 4 members (excludes halogenated alkanes) is 9. The van der Waals surface area contributed by atoms with Gasteiger partial charge in [-0.2, -0.15) is 0 Å². The predicted molar refractivity (Wildman–Crippen MR) is 259 cm³/mol. The second kappa shape index (κ2) is 22.2. The van der Waals surface area contributed by atoms with Crippen molar-refractivity contribution in [2.24, 2.45) is 5.41 Å². The van der Waals surface area contributed by atoms with Crippen molar-refractivity contribution < 1.29 is 24.3 Å². The van der Waals surface area contributed by atoms with E-state index in [0.29, 0.717) is 62.0 Å². The van der Waals surface area contributed by atoms with Crippen LogP contribution in [0.1, 0.15) is 127 Å². The predicted octanol–water partition coefficient (Wildman–Crippen LogP) is 9.62. The number of nitrogens with zero attached hydrogens (tertiary/aromatic N) is 5. The molecular weight excluding hydrogens is 853 g/mol. The van der Waals surface area contributed by atoms with Crippen molar-refractivity contribution in [1.82, 2.24) is 40.3 Å². The van der Waals surface area contributed by atoms with Crippen molar-refractivity contribution in [3.05, 3.63) is 83.1 Å². The Kier molecular flexibility index (Phi) is 16.2. The minimum atomic E-state index is -1.80. The number of nitrogens with one attached hydrogen (secondary N) is 3. The Morgan fingerprint density at radius 2 is 1.57 bits per heavy atom. The van der Waals surface area contributed by atoms with Gasteiger partial charge in [0, 0.05) is 61.6 Å². The highest BCUT2D eigenvalue weighted by molar-refractivity contribution is 7.13. The molecule has 2 fully saturated rings. The number of phenols is 1. The first-order valence-electron chi connectivity index (χ1n) is 23.5. The van der Waals surface area contributed by atoms with Crippen LogP contribution in [0.15, 0.2) is 66.2 Å². The molecule has 0 spiro atoms. The molecule has 2 aliphatic heterocycles. The number of carbonyl (C=O) groups excluding carboxylic acids is 4. The summed E-state index contributed by atoms with van der Waals surface area (Å²) in [5, 5.41) is 25.9. The van der Waals surface area contributed by atoms with E-state index in [4.69, 9.17) is 0 Å². The normalized spacial score (nSPS) is 15.0. The molecule has 3 aromatic heterocycles. The topological polar surface area (TPSA) is 174 Å². The fraction of sp³-hybridized carbons (Fsp3) is 0.500. The van der Waals surface area contributed by atoms with E-state index in [-0.39, 0.29) is 34.9 Å². The van der Waals surface area contributed by atoms with E-state index < -0.39 is 20.4 Å². The molecule has 7 rings (SSSR count). The molecule has 15 heteroatoms. The molecule has 65 heavy (non-hydrogen) atoms. The average Bonchev–Trinajstić information content (AvgIpc) is 4.04. The first-order chi connectivity index (χ1) is 31.4. The number of aromatic hydroxyl groups is 1. The number of aromatic nitrogens is 4. The van der Waals surface area contributed by atoms with Gasteiger partial charge in [0.25, 0.3) is 8.96 Å². The first-order valence-corrected chi connectivity index (χ1v) is 26.1. The van der Waals surface area contributed by atoms with E-state index in [1.54, 1.807) is 28.0 Å². The molecule has 345 valence electrons. The van der Waals surface area contributed by atoms with Crippen LogP contribution < -0.4 is 10.6 Å². The van der Waals surface area contributed by atoms with Gasteiger partial charge in [0.1, 0.15) is 11.8 Å². The van der Waals surface area contributed by atoms with E-state index >= 15 is 0 Å². The van der Waals surface area contributed by atoms with Crippen LogP contribution in [0.5, 0.6) is 5.75 Å². The fourth-order valence-corrected chi connectivity index (χ4v) is 12.0. The monoisotopic (exact) mass is 917 g/mol. The number of benzene rings is 2. The summed E-state index contributed by atoms with van der Waals surface area (Å²) in [7, 11) is -1.80. The molecule has 0 saturated carbocycles. The number of phenolic OH excluding ortho intramolecular Hbond substituents is 1. The Morgan fingerprint density at radius 1 is 0.892 bits per heavy atom. The number of aromatic amines is 1. The Bertz CT molecular complexity index is 2410. The van der Waals surface area contributed by atoms with Gasteiger partial charge in [-0.1, -0.05) is 109 Å². The number of thiazole rings is 1. The second-order valence-electron chi connectivity index (χ2n) is 18.9. The van der Waals surface area contributed by atoms with Gasteiger partial charge in [-0.25, -0.2) is 4.98 Å². The molecule has 5 aromatic rings. The fourth-order valence-electron chi connectivity index (χ4n) is 8.84. The minimum absolute atomic E-state index is 0.0612. The third kappa shape index (κ3) is 12.5. The number of carbonyl (C=O) groups is 4. The van der Waals surface area contributed by atoms with Crippen molar-refractivity contribution in [3.8, 4) is 27.4 Å². The molecule has 5 heterocycles. The summed E-state index contributed by atoms with van der Waals surface area (Å²) < 4.78 is 1.77. The third-order valence-electron chi connectivity index (χ3n) is 12.8. The summed E-state index contributed by atoms with van der Waals surface area (Å²) >= 11 is 1.61. The number of likely N-dealkylation sites (tertiary alicyclic amines) is 1. The van der Waals surface area contributed by atoms with Crippen LogP contribution in [0, 0.1) is 12.3 Å². The zero-order valence-corrected chi connectivity index (χ0v) is 40.3. The van der Waals surface area contributed by atoms with E-state index in [9.17, 15) is 24.3 Å². The highest BCUT2D eigenvalue weighted by Gasteiger charge is 2.43. The van der Waals surface area contributed by atoms with E-state index in [0.717, 1.165) is 84.1 Å². The molecule has 2 aliphatic rings. The lowest BCUT2D eigenvalue weighted by atomic mass is 9.86. The number of hydrogen-bond acceptors (Lipinski definition) is 9. The van der Waals surface area contributed by atoms with Crippen molar-refractivity contribution in [3.63, 3.8) is 0 Å². The number of para-hydroxylation sites is 1. The molecule has 1 atom stereocenters. The van der Waals surface area contributed by atoms with Gasteiger partial charge in [-0.3, -0.25) is 19.2 Å². The number of rotatable bonds is 21. The lowest BCUT2D eigenvalue weighted by molar-refractivity contribution is -0.136. The lowest BCUT2D eigenvalue weighted by Gasteiger charge is -2.39. The standard InChI is InChI=1S/C50H65N8O5SSi/c1-34-45(64-33-52-34)36-24-22-35(23-25-36)30-51-49(63)65-27-17-26-58(65)48(62)46(50(2,3)4)54-43(60)20-13-11-9-7-5-6-8-10-12-14-21-44(61)57-31-38(32-57)40-28-37-29-41(55-56-47(37)53-40)39-18-15-16-19-42(39)59/h15-16,18-19,22-25,28-29,33,38,46,59H,5-14,17,20-21,26-27,30-32H2,1-4H3,(H,51,63)(H,53,56)(H,54,60)/t46-/m1/s1. The lowest BCUT2D eigenvalue weighted by Crippen LogP contribution is -2.59. The number of amides is 4. The highest BCUT2D eigenvalue weighted by atomic mass is 32.1. The average molecular weight is 918 g/mol. The zero-order valence-electron chi connectivity index (χ0n) is 38.5. The quantitative estimate of drug-likeness (QED) is 0.0416. The van der Waals surface area contributed by atoms with Crippen LogP contribution in [0.2, 0.25) is 6.04 Å². The number of aryl methyl sites for hydroxylation is 1. The van der Waals surface area contributed by atoms with Gasteiger partial charge in [0.15, 0.2) is 5.65 Å². The first kappa shape index (κ1) is 47.5. The SMILES string of the molecule is Cc1ncsc1-c1ccc(CNC(=O)[Si]2CCCN2C(=O)[C@@H](NC(=O)CCCCCCCCCCCCC(=O)N2CC(c3cc4cc(-c5ccccc5O)nnc4[nH]3)C2)C(C)(C)C)cc1. The summed E-state index contributed by atoms with van der Waals surface area (Å²) in [6.07, 6.45) is 12.4. The van der Waals surface area contributed by atoms with Crippen LogP contribution in [0.25, 0.3) is 32.7 Å². The minimum Gasteiger partial charge on any atom is -0.507 e. The van der Waals surface area contributed by atoms with Crippen LogP contribution in [0.4, 0.5) is 4.79 Å². The van der Waals surface area contributed by atoms with Gasteiger partial charge in [-0.15, -0.1) is 21.5 Å². The summed E-state index contributed by atoms with van der Waals surface area (Å²) in [4.78, 5) is 64.2. The summed E-state index contributed by atoms with van der Waals surface area (Å²) in [5.74, 6) is 0.409. The summed E-state index contributed by atoms with van der Waals surface area (Å²) in [6, 6.07) is 19.3. The van der Waals surface area contributed by atoms with Crippen molar-refractivity contribution in [2.75, 3.05) is 19.6 Å². The molecule has 13 nitrogen and oxygen atoms in total. The summed E-state index contributed by atoms with van der Waals surface area (Å²) in [5.41, 5.74) is 7.44. The van der Waals surface area contributed by atoms with E-state index in [2.05, 4.69) is 49.0 Å².